The van der Waals surface area contributed by atoms with Crippen molar-refractivity contribution in [3.8, 4) is 0 Å². The van der Waals surface area contributed by atoms with Crippen molar-refractivity contribution in [1.82, 2.24) is 0 Å². The van der Waals surface area contributed by atoms with Gasteiger partial charge in [-0.3, -0.25) is 0 Å². The van der Waals surface area contributed by atoms with Crippen molar-refractivity contribution in [2.24, 2.45) is 40.4 Å². The minimum Gasteiger partial charge on any atom is -0.0651 e. The monoisotopic (exact) mass is 288 g/mol. The Hall–Kier alpha value is 0. The fraction of sp³-hybridized carbons (Fsp3) is 1.00. The third-order valence-electron chi connectivity index (χ3n) is 9.27. The zero-order valence-electron chi connectivity index (χ0n) is 14.7. The molecule has 0 aromatic rings. The lowest BCUT2D eigenvalue weighted by Crippen LogP contribution is -2.52. The molecular weight excluding hydrogens is 252 g/mol. The number of rotatable bonds is 1. The Morgan fingerprint density at radius 1 is 0.762 bits per heavy atom. The van der Waals surface area contributed by atoms with Crippen LogP contribution >= 0.6 is 0 Å². The van der Waals surface area contributed by atoms with Gasteiger partial charge in [-0.2, -0.15) is 0 Å². The number of fused-ring (bicyclic) bond motifs is 5. The lowest BCUT2D eigenvalue weighted by atomic mass is 9.45. The van der Waals surface area contributed by atoms with Crippen molar-refractivity contribution < 1.29 is 0 Å². The molecule has 4 aliphatic rings. The largest absolute Gasteiger partial charge is 0.0651 e. The molecule has 0 saturated heterocycles. The van der Waals surface area contributed by atoms with E-state index in [9.17, 15) is 0 Å². The van der Waals surface area contributed by atoms with Crippen LogP contribution in [-0.2, 0) is 0 Å². The summed E-state index contributed by atoms with van der Waals surface area (Å²) in [5.41, 5.74) is 1.45. The fourth-order valence-electron chi connectivity index (χ4n) is 8.07. The highest BCUT2D eigenvalue weighted by atomic mass is 14.6. The molecule has 0 aromatic heterocycles. The van der Waals surface area contributed by atoms with Gasteiger partial charge in [0, 0.05) is 0 Å². The van der Waals surface area contributed by atoms with Gasteiger partial charge in [-0.05, 0) is 91.8 Å². The molecule has 0 heteroatoms. The van der Waals surface area contributed by atoms with Gasteiger partial charge in [-0.1, -0.05) is 40.0 Å². The summed E-state index contributed by atoms with van der Waals surface area (Å²) in [7, 11) is 0. The predicted molar refractivity (Wildman–Crippen MR) is 90.1 cm³/mol. The number of hydrogen-bond acceptors (Lipinski definition) is 0. The lowest BCUT2D eigenvalue weighted by molar-refractivity contribution is -0.110. The second kappa shape index (κ2) is 5.00. The molecule has 7 atom stereocenters. The van der Waals surface area contributed by atoms with Gasteiger partial charge in [-0.25, -0.2) is 0 Å². The second-order valence-electron chi connectivity index (χ2n) is 9.63. The maximum absolute atomic E-state index is 2.71. The first-order valence-corrected chi connectivity index (χ1v) is 10.1. The molecule has 21 heavy (non-hydrogen) atoms. The fourth-order valence-corrected chi connectivity index (χ4v) is 8.07. The molecule has 4 fully saturated rings. The van der Waals surface area contributed by atoms with Crippen LogP contribution in [0.25, 0.3) is 0 Å². The predicted octanol–water partition coefficient (Wildman–Crippen LogP) is 6.45. The molecule has 0 radical (unpaired) electrons. The summed E-state index contributed by atoms with van der Waals surface area (Å²) in [6.07, 6.45) is 17.0. The summed E-state index contributed by atoms with van der Waals surface area (Å²) in [6.45, 7) is 7.84. The van der Waals surface area contributed by atoms with E-state index in [4.69, 9.17) is 0 Å². The molecule has 0 aromatic carbocycles. The Labute approximate surface area is 132 Å². The van der Waals surface area contributed by atoms with Crippen molar-refractivity contribution in [3.05, 3.63) is 0 Å². The number of hydrogen-bond donors (Lipinski definition) is 0. The third-order valence-corrected chi connectivity index (χ3v) is 9.27. The van der Waals surface area contributed by atoms with Crippen LogP contribution in [0.5, 0.6) is 0 Å². The van der Waals surface area contributed by atoms with Crippen LogP contribution in [0.4, 0.5) is 0 Å². The summed E-state index contributed by atoms with van der Waals surface area (Å²) < 4.78 is 0. The molecule has 0 nitrogen and oxygen atoms in total. The van der Waals surface area contributed by atoms with Crippen molar-refractivity contribution in [2.45, 2.75) is 91.4 Å². The molecular formula is C21H36. The van der Waals surface area contributed by atoms with E-state index in [-0.39, 0.29) is 0 Å². The van der Waals surface area contributed by atoms with Crippen molar-refractivity contribution >= 4 is 0 Å². The Kier molecular flexibility index (Phi) is 3.47. The standard InChI is InChI=1S/C21H36/c1-4-15-9-11-18-17-10-8-16-7-5-6-13-20(16,2)19(17)12-14-21(15,18)3/h15-19H,4-14H2,1-3H3/t15-,16+,17-,18-,19-,20-,21+/m1/s1. The zero-order valence-corrected chi connectivity index (χ0v) is 14.7. The Morgan fingerprint density at radius 2 is 1.57 bits per heavy atom. The van der Waals surface area contributed by atoms with Crippen LogP contribution in [0.2, 0.25) is 0 Å². The van der Waals surface area contributed by atoms with Gasteiger partial charge in [-0.15, -0.1) is 0 Å². The molecule has 4 rings (SSSR count). The maximum atomic E-state index is 2.71. The van der Waals surface area contributed by atoms with Gasteiger partial charge in [0.2, 0.25) is 0 Å². The normalized spacial score (nSPS) is 56.4. The zero-order chi connectivity index (χ0) is 14.7. The molecule has 0 heterocycles. The minimum absolute atomic E-state index is 0.716. The first kappa shape index (κ1) is 14.6. The van der Waals surface area contributed by atoms with E-state index < -0.39 is 0 Å². The average molecular weight is 289 g/mol. The van der Waals surface area contributed by atoms with Gasteiger partial charge in [0.05, 0.1) is 0 Å². The average Bonchev–Trinajstić information content (AvgIpc) is 2.83. The topological polar surface area (TPSA) is 0 Å². The quantitative estimate of drug-likeness (QED) is 0.520. The van der Waals surface area contributed by atoms with Gasteiger partial charge >= 0.3 is 0 Å². The summed E-state index contributed by atoms with van der Waals surface area (Å²) in [5.74, 6) is 5.39. The minimum atomic E-state index is 0.716. The Morgan fingerprint density at radius 3 is 2.38 bits per heavy atom. The molecule has 0 N–H and O–H groups in total. The van der Waals surface area contributed by atoms with E-state index >= 15 is 0 Å². The van der Waals surface area contributed by atoms with Gasteiger partial charge in [0.1, 0.15) is 0 Å². The van der Waals surface area contributed by atoms with E-state index in [0.29, 0.717) is 5.41 Å². The molecule has 0 spiro atoms. The SMILES string of the molecule is CC[C@@H]1CC[C@@H]2[C@H]3CC[C@@H]4CCCC[C@@]4(C)[C@@H]3CC[C@@]12C. The van der Waals surface area contributed by atoms with E-state index in [1.165, 1.54) is 19.3 Å². The molecule has 0 amide bonds. The van der Waals surface area contributed by atoms with E-state index in [1.807, 2.05) is 0 Å². The highest BCUT2D eigenvalue weighted by Crippen LogP contribution is 2.67. The van der Waals surface area contributed by atoms with Gasteiger partial charge in [0.25, 0.3) is 0 Å². The van der Waals surface area contributed by atoms with Crippen LogP contribution in [0.15, 0.2) is 0 Å². The smallest absolute Gasteiger partial charge is 0.0266 e. The van der Waals surface area contributed by atoms with Crippen molar-refractivity contribution in [3.63, 3.8) is 0 Å². The summed E-state index contributed by atoms with van der Waals surface area (Å²) in [4.78, 5) is 0. The Balaban J connectivity index is 1.62. The Bertz CT molecular complexity index is 399. The molecule has 4 saturated carbocycles. The van der Waals surface area contributed by atoms with Crippen LogP contribution in [0, 0.1) is 40.4 Å². The highest BCUT2D eigenvalue weighted by molar-refractivity contribution is 5.08. The summed E-state index contributed by atoms with van der Waals surface area (Å²) in [6, 6.07) is 0. The van der Waals surface area contributed by atoms with Crippen LogP contribution in [0.1, 0.15) is 91.4 Å². The second-order valence-corrected chi connectivity index (χ2v) is 9.63. The van der Waals surface area contributed by atoms with E-state index in [1.54, 1.807) is 51.4 Å². The van der Waals surface area contributed by atoms with E-state index in [2.05, 4.69) is 20.8 Å². The third kappa shape index (κ3) is 1.93. The summed E-state index contributed by atoms with van der Waals surface area (Å²) >= 11 is 0. The molecule has 4 aliphatic carbocycles. The van der Waals surface area contributed by atoms with Crippen LogP contribution < -0.4 is 0 Å². The molecule has 120 valence electrons. The first-order valence-electron chi connectivity index (χ1n) is 10.1. The van der Waals surface area contributed by atoms with Gasteiger partial charge in [0.15, 0.2) is 0 Å². The van der Waals surface area contributed by atoms with Gasteiger partial charge < -0.3 is 0 Å². The van der Waals surface area contributed by atoms with Crippen molar-refractivity contribution in [1.29, 1.82) is 0 Å². The molecule has 0 unspecified atom stereocenters. The van der Waals surface area contributed by atoms with Crippen molar-refractivity contribution in [2.75, 3.05) is 0 Å². The van der Waals surface area contributed by atoms with Crippen LogP contribution in [-0.4, -0.2) is 0 Å². The maximum Gasteiger partial charge on any atom is -0.0266 e. The first-order chi connectivity index (χ1) is 10.1. The lowest BCUT2D eigenvalue weighted by Gasteiger charge is -2.60. The molecule has 0 bridgehead atoms. The highest BCUT2D eigenvalue weighted by Gasteiger charge is 2.59. The van der Waals surface area contributed by atoms with E-state index in [0.717, 1.165) is 35.0 Å². The van der Waals surface area contributed by atoms with Crippen LogP contribution in [0.3, 0.4) is 0 Å². The summed E-state index contributed by atoms with van der Waals surface area (Å²) in [5, 5.41) is 0. The molecule has 0 aliphatic heterocycles.